The van der Waals surface area contributed by atoms with Gasteiger partial charge >= 0.3 is 0 Å². The maximum absolute atomic E-state index is 5.38. The number of nitrogens with two attached hydrogens (primary N) is 1. The average Bonchev–Trinajstić information content (AvgIpc) is 2.39. The number of hydrogen-bond acceptors (Lipinski definition) is 5. The molecule has 1 aliphatic heterocycles. The maximum atomic E-state index is 5.38. The van der Waals surface area contributed by atoms with Gasteiger partial charge in [-0.3, -0.25) is 10.6 Å². The van der Waals surface area contributed by atoms with Crippen molar-refractivity contribution in [3.63, 3.8) is 0 Å². The lowest BCUT2D eigenvalue weighted by Gasteiger charge is -2.37. The minimum absolute atomic E-state index is 0.199. The second-order valence-corrected chi connectivity index (χ2v) is 4.78. The summed E-state index contributed by atoms with van der Waals surface area (Å²) in [4.78, 5) is 9.18. The molecule has 0 atom stereocenters. The van der Waals surface area contributed by atoms with Crippen molar-refractivity contribution in [1.29, 1.82) is 0 Å². The minimum atomic E-state index is 0.199. The molecule has 5 nitrogen and oxygen atoms in total. The predicted molar refractivity (Wildman–Crippen MR) is 72.8 cm³/mol. The zero-order chi connectivity index (χ0) is 13.0. The van der Waals surface area contributed by atoms with Crippen molar-refractivity contribution < 1.29 is 4.74 Å². The van der Waals surface area contributed by atoms with Crippen LogP contribution in [0.15, 0.2) is 18.3 Å². The molecule has 0 radical (unpaired) electrons. The Labute approximate surface area is 109 Å². The summed E-state index contributed by atoms with van der Waals surface area (Å²) < 4.78 is 5.30. The van der Waals surface area contributed by atoms with Crippen LogP contribution >= 0.6 is 0 Å². The number of nitrogens with zero attached hydrogens (tertiary/aromatic N) is 3. The zero-order valence-electron chi connectivity index (χ0n) is 11.2. The number of ether oxygens (including phenoxy) is 1. The Morgan fingerprint density at radius 2 is 2.06 bits per heavy atom. The molecule has 2 rings (SSSR count). The van der Waals surface area contributed by atoms with E-state index in [1.54, 1.807) is 6.20 Å². The quantitative estimate of drug-likeness (QED) is 0.805. The molecule has 1 aliphatic rings. The number of piperazine rings is 1. The van der Waals surface area contributed by atoms with Gasteiger partial charge in [-0.15, -0.1) is 0 Å². The van der Waals surface area contributed by atoms with Gasteiger partial charge in [0.2, 0.25) is 0 Å². The van der Waals surface area contributed by atoms with Gasteiger partial charge < -0.3 is 9.64 Å². The summed E-state index contributed by atoms with van der Waals surface area (Å²) in [7, 11) is 0. The van der Waals surface area contributed by atoms with Crippen LogP contribution in [0, 0.1) is 0 Å². The first kappa shape index (κ1) is 13.1. The van der Waals surface area contributed by atoms with Gasteiger partial charge in [0.1, 0.15) is 18.3 Å². The molecule has 1 aromatic heterocycles. The van der Waals surface area contributed by atoms with Crippen molar-refractivity contribution in [2.24, 2.45) is 5.73 Å². The Morgan fingerprint density at radius 1 is 1.33 bits per heavy atom. The van der Waals surface area contributed by atoms with E-state index in [1.807, 2.05) is 12.1 Å². The van der Waals surface area contributed by atoms with E-state index in [9.17, 15) is 0 Å². The molecule has 0 aromatic carbocycles. The van der Waals surface area contributed by atoms with Crippen LogP contribution in [0.2, 0.25) is 0 Å². The predicted octanol–water partition coefficient (Wildman–Crippen LogP) is 0.907. The zero-order valence-corrected chi connectivity index (χ0v) is 11.2. The molecule has 1 fully saturated rings. The number of anilines is 1. The van der Waals surface area contributed by atoms with Gasteiger partial charge in [-0.05, 0) is 19.9 Å². The number of rotatable bonds is 4. The molecule has 18 heavy (non-hydrogen) atoms. The topological polar surface area (TPSA) is 54.6 Å². The highest BCUT2D eigenvalue weighted by atomic mass is 16.5. The van der Waals surface area contributed by atoms with Gasteiger partial charge in [0, 0.05) is 44.5 Å². The summed E-state index contributed by atoms with van der Waals surface area (Å²) in [6.45, 7) is 8.87. The largest absolute Gasteiger partial charge is 0.478 e. The highest BCUT2D eigenvalue weighted by Gasteiger charge is 2.19. The van der Waals surface area contributed by atoms with Crippen molar-refractivity contribution in [2.45, 2.75) is 19.9 Å². The minimum Gasteiger partial charge on any atom is -0.478 e. The molecule has 0 amide bonds. The van der Waals surface area contributed by atoms with Gasteiger partial charge in [-0.25, -0.2) is 4.98 Å². The van der Waals surface area contributed by atoms with Crippen molar-refractivity contribution in [1.82, 2.24) is 9.88 Å². The molecule has 100 valence electrons. The molecule has 0 saturated carbocycles. The van der Waals surface area contributed by atoms with Crippen LogP contribution in [-0.4, -0.2) is 48.8 Å². The molecule has 0 aliphatic carbocycles. The first-order valence-corrected chi connectivity index (χ1v) is 6.48. The first-order valence-electron chi connectivity index (χ1n) is 6.48. The number of aromatic nitrogens is 1. The lowest BCUT2D eigenvalue weighted by atomic mass is 10.2. The van der Waals surface area contributed by atoms with Crippen LogP contribution < -0.4 is 15.4 Å². The Bertz CT molecular complexity index is 375. The second-order valence-electron chi connectivity index (χ2n) is 4.78. The van der Waals surface area contributed by atoms with Crippen molar-refractivity contribution in [2.75, 3.05) is 37.8 Å². The third kappa shape index (κ3) is 3.11. The van der Waals surface area contributed by atoms with Gasteiger partial charge in [-0.2, -0.15) is 0 Å². The molecular weight excluding hydrogens is 228 g/mol. The summed E-state index contributed by atoms with van der Waals surface area (Å²) in [5, 5.41) is 0. The third-order valence-electron chi connectivity index (χ3n) is 3.34. The summed E-state index contributed by atoms with van der Waals surface area (Å²) in [6.07, 6.45) is 1.77. The summed E-state index contributed by atoms with van der Waals surface area (Å²) in [6, 6.07) is 4.41. The lowest BCUT2D eigenvalue weighted by Crippen LogP contribution is -2.49. The van der Waals surface area contributed by atoms with E-state index < -0.39 is 0 Å². The lowest BCUT2D eigenvalue weighted by molar-refractivity contribution is 0.209. The van der Waals surface area contributed by atoms with E-state index in [4.69, 9.17) is 10.5 Å². The molecular formula is C13H22N4O. The number of hydrogen-bond donors (Lipinski definition) is 1. The first-order chi connectivity index (χ1) is 8.70. The molecule has 2 N–H and O–H groups in total. The molecule has 1 saturated heterocycles. The van der Waals surface area contributed by atoms with Gasteiger partial charge in [0.05, 0.1) is 0 Å². The normalized spacial score (nSPS) is 17.2. The molecule has 1 aromatic rings. The van der Waals surface area contributed by atoms with Gasteiger partial charge in [0.15, 0.2) is 0 Å². The van der Waals surface area contributed by atoms with Crippen LogP contribution in [0.3, 0.4) is 0 Å². The highest BCUT2D eigenvalue weighted by Crippen LogP contribution is 2.19. The number of pyridine rings is 1. The fourth-order valence-corrected chi connectivity index (χ4v) is 2.23. The Morgan fingerprint density at radius 3 is 2.67 bits per heavy atom. The van der Waals surface area contributed by atoms with Gasteiger partial charge in [0.25, 0.3) is 0 Å². The summed E-state index contributed by atoms with van der Waals surface area (Å²) in [5.41, 5.74) is 5.38. The smallest absolute Gasteiger partial charge is 0.137 e. The summed E-state index contributed by atoms with van der Waals surface area (Å²) >= 11 is 0. The average molecular weight is 250 g/mol. The van der Waals surface area contributed by atoms with Crippen molar-refractivity contribution in [3.8, 4) is 5.75 Å². The maximum Gasteiger partial charge on any atom is 0.137 e. The Hall–Kier alpha value is -1.33. The standard InChI is InChI=1S/C13H22N4O/c1-11(2)16-5-7-17(8-6-16)13-9-12(18-10-14)3-4-15-13/h3-4,9,11H,5-8,10,14H2,1-2H3. The molecule has 0 unspecified atom stereocenters. The Balaban J connectivity index is 1.98. The van der Waals surface area contributed by atoms with Gasteiger partial charge in [-0.1, -0.05) is 0 Å². The van der Waals surface area contributed by atoms with E-state index in [1.165, 1.54) is 0 Å². The molecule has 0 spiro atoms. The van der Waals surface area contributed by atoms with Crippen LogP contribution in [-0.2, 0) is 0 Å². The van der Waals surface area contributed by atoms with Crippen LogP contribution in [0.4, 0.5) is 5.82 Å². The fourth-order valence-electron chi connectivity index (χ4n) is 2.23. The second kappa shape index (κ2) is 6.02. The SMILES string of the molecule is CC(C)N1CCN(c2cc(OCN)ccn2)CC1. The van der Waals surface area contributed by atoms with E-state index in [-0.39, 0.29) is 6.73 Å². The molecule has 0 bridgehead atoms. The molecule has 5 heteroatoms. The highest BCUT2D eigenvalue weighted by molar-refractivity contribution is 5.44. The Kier molecular flexibility index (Phi) is 4.38. The van der Waals surface area contributed by atoms with E-state index >= 15 is 0 Å². The summed E-state index contributed by atoms with van der Waals surface area (Å²) in [5.74, 6) is 1.76. The van der Waals surface area contributed by atoms with E-state index in [0.29, 0.717) is 6.04 Å². The van der Waals surface area contributed by atoms with Crippen LogP contribution in [0.5, 0.6) is 5.75 Å². The van der Waals surface area contributed by atoms with Crippen LogP contribution in [0.1, 0.15) is 13.8 Å². The van der Waals surface area contributed by atoms with E-state index in [2.05, 4.69) is 28.6 Å². The van der Waals surface area contributed by atoms with Crippen LogP contribution in [0.25, 0.3) is 0 Å². The van der Waals surface area contributed by atoms with Crippen molar-refractivity contribution >= 4 is 5.82 Å². The monoisotopic (exact) mass is 250 g/mol. The fraction of sp³-hybridized carbons (Fsp3) is 0.615. The third-order valence-corrected chi connectivity index (χ3v) is 3.34. The molecule has 2 heterocycles. The van der Waals surface area contributed by atoms with E-state index in [0.717, 1.165) is 37.7 Å². The van der Waals surface area contributed by atoms with Crippen molar-refractivity contribution in [3.05, 3.63) is 18.3 Å².